The predicted octanol–water partition coefficient (Wildman–Crippen LogP) is 5.63. The minimum atomic E-state index is 0. The van der Waals surface area contributed by atoms with E-state index in [1.807, 2.05) is 12.1 Å². The molecule has 0 aliphatic carbocycles. The lowest BCUT2D eigenvalue weighted by molar-refractivity contribution is 0.590. The van der Waals surface area contributed by atoms with Crippen LogP contribution in [0.15, 0.2) is 47.5 Å². The van der Waals surface area contributed by atoms with Crippen molar-refractivity contribution in [1.82, 2.24) is 4.90 Å². The molecule has 0 atom stereocenters. The Labute approximate surface area is 160 Å². The van der Waals surface area contributed by atoms with Crippen LogP contribution in [0.1, 0.15) is 43.0 Å². The number of rotatable bonds is 1. The molecular weight excluding hydrogens is 351 g/mol. The van der Waals surface area contributed by atoms with Crippen LogP contribution in [0.25, 0.3) is 11.8 Å². The quantitative estimate of drug-likeness (QED) is 0.632. The number of amidine groups is 1. The molecule has 0 aromatic heterocycles. The van der Waals surface area contributed by atoms with Crippen molar-refractivity contribution in [3.63, 3.8) is 0 Å². The summed E-state index contributed by atoms with van der Waals surface area (Å²) in [4.78, 5) is 7.03. The highest BCUT2D eigenvalue weighted by Crippen LogP contribution is 2.35. The second-order valence-electron chi connectivity index (χ2n) is 7.45. The van der Waals surface area contributed by atoms with Crippen LogP contribution in [0.2, 0.25) is 5.02 Å². The Bertz CT molecular complexity index is 858. The summed E-state index contributed by atoms with van der Waals surface area (Å²) in [6, 6.07) is 15.0. The summed E-state index contributed by atoms with van der Waals surface area (Å²) < 4.78 is 0. The van der Waals surface area contributed by atoms with Gasteiger partial charge in [-0.3, -0.25) is 4.99 Å². The zero-order valence-electron chi connectivity index (χ0n) is 14.7. The second kappa shape index (κ2) is 6.51. The molecule has 0 unspecified atom stereocenters. The van der Waals surface area contributed by atoms with Crippen LogP contribution < -0.4 is 0 Å². The molecule has 0 radical (unpaired) electrons. The summed E-state index contributed by atoms with van der Waals surface area (Å²) in [6.07, 6.45) is 2.25. The topological polar surface area (TPSA) is 15.6 Å². The van der Waals surface area contributed by atoms with E-state index in [0.29, 0.717) is 0 Å². The van der Waals surface area contributed by atoms with E-state index in [-0.39, 0.29) is 17.8 Å². The molecule has 25 heavy (non-hydrogen) atoms. The van der Waals surface area contributed by atoms with Crippen LogP contribution in [-0.2, 0) is 5.41 Å². The molecular formula is C21H22Cl2N2. The Hall–Kier alpha value is -1.77. The Morgan fingerprint density at radius 2 is 1.76 bits per heavy atom. The molecule has 0 spiro atoms. The molecule has 2 aliphatic rings. The van der Waals surface area contributed by atoms with Crippen LogP contribution in [0.5, 0.6) is 0 Å². The minimum Gasteiger partial charge on any atom is -0.324 e. The standard InChI is InChI=1S/C21H21ClN2.ClH/c1-21(2,3)16-7-4-14(5-8-16)19-12-15-6-9-17(22)13-18(15)20-23-10-11-24(19)20;/h4-9,12-13H,10-11H2,1-3H3;1H. The highest BCUT2D eigenvalue weighted by atomic mass is 35.5. The number of aliphatic imine (C=N–C) groups is 1. The van der Waals surface area contributed by atoms with Crippen molar-refractivity contribution in [2.45, 2.75) is 26.2 Å². The molecule has 2 aliphatic heterocycles. The van der Waals surface area contributed by atoms with Crippen molar-refractivity contribution in [2.75, 3.05) is 13.1 Å². The number of benzene rings is 2. The molecule has 0 N–H and O–H groups in total. The fourth-order valence-electron chi connectivity index (χ4n) is 3.37. The van der Waals surface area contributed by atoms with Crippen LogP contribution in [-0.4, -0.2) is 23.8 Å². The fraction of sp³-hybridized carbons (Fsp3) is 0.286. The molecule has 2 aromatic carbocycles. The van der Waals surface area contributed by atoms with Gasteiger partial charge in [0.2, 0.25) is 0 Å². The van der Waals surface area contributed by atoms with Gasteiger partial charge in [-0.15, -0.1) is 12.4 Å². The molecule has 4 rings (SSSR count). The first-order chi connectivity index (χ1) is 11.4. The Morgan fingerprint density at radius 3 is 2.44 bits per heavy atom. The third-order valence-electron chi connectivity index (χ3n) is 4.73. The molecule has 0 bridgehead atoms. The molecule has 2 aromatic rings. The van der Waals surface area contributed by atoms with Crippen LogP contribution in [0.4, 0.5) is 0 Å². The van der Waals surface area contributed by atoms with E-state index in [0.717, 1.165) is 29.5 Å². The van der Waals surface area contributed by atoms with Crippen molar-refractivity contribution in [3.8, 4) is 0 Å². The summed E-state index contributed by atoms with van der Waals surface area (Å²) >= 11 is 6.19. The molecule has 4 heteroatoms. The van der Waals surface area contributed by atoms with Crippen molar-refractivity contribution in [1.29, 1.82) is 0 Å². The normalized spacial score (nSPS) is 15.8. The van der Waals surface area contributed by atoms with E-state index >= 15 is 0 Å². The summed E-state index contributed by atoms with van der Waals surface area (Å²) in [7, 11) is 0. The first-order valence-electron chi connectivity index (χ1n) is 8.38. The van der Waals surface area contributed by atoms with Gasteiger partial charge in [0.1, 0.15) is 5.84 Å². The van der Waals surface area contributed by atoms with E-state index in [1.165, 1.54) is 22.4 Å². The lowest BCUT2D eigenvalue weighted by atomic mass is 9.86. The molecule has 0 fully saturated rings. The molecule has 130 valence electrons. The second-order valence-corrected chi connectivity index (χ2v) is 7.88. The maximum absolute atomic E-state index is 6.19. The van der Waals surface area contributed by atoms with Gasteiger partial charge in [0, 0.05) is 17.1 Å². The zero-order chi connectivity index (χ0) is 16.9. The van der Waals surface area contributed by atoms with Crippen LogP contribution in [0, 0.1) is 0 Å². The average molecular weight is 373 g/mol. The van der Waals surface area contributed by atoms with E-state index in [4.69, 9.17) is 16.6 Å². The average Bonchev–Trinajstić information content (AvgIpc) is 3.03. The molecule has 2 heterocycles. The summed E-state index contributed by atoms with van der Waals surface area (Å²) in [5, 5.41) is 0.759. The third kappa shape index (κ3) is 3.21. The van der Waals surface area contributed by atoms with Crippen molar-refractivity contribution in [2.24, 2.45) is 4.99 Å². The van der Waals surface area contributed by atoms with E-state index in [9.17, 15) is 0 Å². The first kappa shape index (κ1) is 18.0. The zero-order valence-corrected chi connectivity index (χ0v) is 16.3. The third-order valence-corrected chi connectivity index (χ3v) is 4.96. The highest BCUT2D eigenvalue weighted by Gasteiger charge is 2.28. The van der Waals surface area contributed by atoms with Gasteiger partial charge in [-0.25, -0.2) is 0 Å². The van der Waals surface area contributed by atoms with E-state index in [1.54, 1.807) is 0 Å². The lowest BCUT2D eigenvalue weighted by Gasteiger charge is -2.29. The smallest absolute Gasteiger partial charge is 0.136 e. The maximum atomic E-state index is 6.19. The number of halogens is 2. The van der Waals surface area contributed by atoms with Gasteiger partial charge >= 0.3 is 0 Å². The SMILES string of the molecule is CC(C)(C)c1ccc(C2=Cc3ccc(Cl)cc3C3=NCCN23)cc1.Cl. The van der Waals surface area contributed by atoms with Crippen molar-refractivity contribution < 1.29 is 0 Å². The number of fused-ring (bicyclic) bond motifs is 3. The van der Waals surface area contributed by atoms with Gasteiger partial charge < -0.3 is 4.90 Å². The van der Waals surface area contributed by atoms with E-state index < -0.39 is 0 Å². The van der Waals surface area contributed by atoms with Gasteiger partial charge in [-0.1, -0.05) is 62.7 Å². The van der Waals surface area contributed by atoms with Crippen molar-refractivity contribution in [3.05, 3.63) is 69.7 Å². The van der Waals surface area contributed by atoms with Gasteiger partial charge in [-0.05, 0) is 40.3 Å². The first-order valence-corrected chi connectivity index (χ1v) is 8.76. The largest absolute Gasteiger partial charge is 0.324 e. The van der Waals surface area contributed by atoms with E-state index in [2.05, 4.69) is 62.1 Å². The molecule has 0 saturated carbocycles. The lowest BCUT2D eigenvalue weighted by Crippen LogP contribution is -2.30. The molecule has 0 saturated heterocycles. The summed E-state index contributed by atoms with van der Waals surface area (Å²) in [6.45, 7) is 8.49. The van der Waals surface area contributed by atoms with Gasteiger partial charge in [0.25, 0.3) is 0 Å². The number of nitrogens with zero attached hydrogens (tertiary/aromatic N) is 2. The summed E-state index contributed by atoms with van der Waals surface area (Å²) in [5.41, 5.74) is 6.30. The Balaban J connectivity index is 0.00000182. The Morgan fingerprint density at radius 1 is 1.04 bits per heavy atom. The Kier molecular flexibility index (Phi) is 4.70. The summed E-state index contributed by atoms with van der Waals surface area (Å²) in [5.74, 6) is 1.05. The maximum Gasteiger partial charge on any atom is 0.136 e. The van der Waals surface area contributed by atoms with Gasteiger partial charge in [0.05, 0.1) is 12.2 Å². The van der Waals surface area contributed by atoms with Crippen molar-refractivity contribution >= 4 is 41.6 Å². The minimum absolute atomic E-state index is 0. The predicted molar refractivity (Wildman–Crippen MR) is 110 cm³/mol. The van der Waals surface area contributed by atoms with Crippen LogP contribution >= 0.6 is 24.0 Å². The monoisotopic (exact) mass is 372 g/mol. The fourth-order valence-corrected chi connectivity index (χ4v) is 3.54. The molecule has 2 nitrogen and oxygen atoms in total. The van der Waals surface area contributed by atoms with Gasteiger partial charge in [0.15, 0.2) is 0 Å². The van der Waals surface area contributed by atoms with Crippen LogP contribution in [0.3, 0.4) is 0 Å². The molecule has 0 amide bonds. The number of hydrogen-bond donors (Lipinski definition) is 0. The highest BCUT2D eigenvalue weighted by molar-refractivity contribution is 6.31. The number of hydrogen-bond acceptors (Lipinski definition) is 2. The van der Waals surface area contributed by atoms with Gasteiger partial charge in [-0.2, -0.15) is 0 Å².